The quantitative estimate of drug-likeness (QED) is 0.701. The van der Waals surface area contributed by atoms with Gasteiger partial charge in [-0.3, -0.25) is 4.79 Å². The molecular weight excluding hydrogens is 424 g/mol. The van der Waals surface area contributed by atoms with Gasteiger partial charge in [0.15, 0.2) is 6.10 Å². The zero-order valence-electron chi connectivity index (χ0n) is 18.1. The Labute approximate surface area is 191 Å². The van der Waals surface area contributed by atoms with Crippen molar-refractivity contribution in [1.82, 2.24) is 10.2 Å². The number of benzene rings is 2. The molecule has 2 aromatic carbocycles. The van der Waals surface area contributed by atoms with Gasteiger partial charge in [-0.15, -0.1) is 0 Å². The Kier molecular flexibility index (Phi) is 5.76. The van der Waals surface area contributed by atoms with E-state index in [0.717, 1.165) is 11.1 Å². The van der Waals surface area contributed by atoms with Crippen LogP contribution in [0.15, 0.2) is 48.5 Å². The molecule has 3 unspecified atom stereocenters. The highest BCUT2D eigenvalue weighted by atomic mass is 16.5. The molecule has 3 atom stereocenters. The fraction of sp³-hybridized carbons (Fsp3) is 0.400. The molecule has 8 nitrogen and oxygen atoms in total. The van der Waals surface area contributed by atoms with Crippen LogP contribution in [0.1, 0.15) is 23.5 Å². The molecule has 2 fully saturated rings. The minimum atomic E-state index is -1.06. The number of rotatable bonds is 6. The summed E-state index contributed by atoms with van der Waals surface area (Å²) in [7, 11) is 0. The second kappa shape index (κ2) is 8.86. The molecule has 2 amide bonds. The molecule has 5 rings (SSSR count). The van der Waals surface area contributed by atoms with Crippen molar-refractivity contribution in [2.45, 2.75) is 18.4 Å². The number of hydrogen-bond donors (Lipinski definition) is 2. The number of hydrogen-bond acceptors (Lipinski definition) is 5. The lowest BCUT2D eigenvalue weighted by Crippen LogP contribution is -2.49. The van der Waals surface area contributed by atoms with Crippen LogP contribution in [0.2, 0.25) is 0 Å². The van der Waals surface area contributed by atoms with Gasteiger partial charge in [0, 0.05) is 24.9 Å². The van der Waals surface area contributed by atoms with Gasteiger partial charge < -0.3 is 24.8 Å². The number of morpholine rings is 1. The van der Waals surface area contributed by atoms with E-state index < -0.39 is 18.2 Å². The van der Waals surface area contributed by atoms with E-state index in [1.54, 1.807) is 4.90 Å². The number of carbonyl (C=O) groups is 3. The van der Waals surface area contributed by atoms with E-state index in [1.165, 1.54) is 11.1 Å². The van der Waals surface area contributed by atoms with Gasteiger partial charge in [-0.05, 0) is 34.6 Å². The molecule has 2 aliphatic carbocycles. The Morgan fingerprint density at radius 1 is 1.06 bits per heavy atom. The standard InChI is InChI=1S/C25H26N2O6/c28-23(27-9-10-32-22(13-27)24(29)30)20-11-15(20)12-26-25(31)33-14-21-18-7-3-1-5-16(18)17-6-2-4-8-19(17)21/h1-8,15,20-22H,9-14H2,(H,26,31)(H,29,30). The lowest BCUT2D eigenvalue weighted by Gasteiger charge is -2.31. The molecule has 2 aromatic rings. The molecule has 0 radical (unpaired) electrons. The predicted octanol–water partition coefficient (Wildman–Crippen LogP) is 2.47. The van der Waals surface area contributed by atoms with E-state index in [4.69, 9.17) is 14.6 Å². The number of nitrogens with zero attached hydrogens (tertiary/aromatic N) is 1. The molecular formula is C25H26N2O6. The van der Waals surface area contributed by atoms with Crippen LogP contribution in [-0.4, -0.2) is 66.9 Å². The van der Waals surface area contributed by atoms with E-state index in [0.29, 0.717) is 19.5 Å². The first-order chi connectivity index (χ1) is 16.0. The van der Waals surface area contributed by atoms with Crippen molar-refractivity contribution < 1.29 is 29.0 Å². The summed E-state index contributed by atoms with van der Waals surface area (Å²) in [5, 5.41) is 11.9. The number of carboxylic acids is 1. The Balaban J connectivity index is 1.10. The second-order valence-electron chi connectivity index (χ2n) is 8.79. The topological polar surface area (TPSA) is 105 Å². The zero-order valence-corrected chi connectivity index (χ0v) is 18.1. The summed E-state index contributed by atoms with van der Waals surface area (Å²) in [6.07, 6.45) is -0.788. The average Bonchev–Trinajstić information content (AvgIpc) is 3.56. The first-order valence-electron chi connectivity index (χ1n) is 11.2. The van der Waals surface area contributed by atoms with Crippen molar-refractivity contribution >= 4 is 18.0 Å². The minimum absolute atomic E-state index is 0.00176. The fourth-order valence-electron chi connectivity index (χ4n) is 4.87. The van der Waals surface area contributed by atoms with Gasteiger partial charge in [-0.25, -0.2) is 9.59 Å². The van der Waals surface area contributed by atoms with Gasteiger partial charge in [-0.1, -0.05) is 48.5 Å². The predicted molar refractivity (Wildman–Crippen MR) is 119 cm³/mol. The molecule has 2 N–H and O–H groups in total. The van der Waals surface area contributed by atoms with Gasteiger partial charge in [0.1, 0.15) is 6.61 Å². The summed E-state index contributed by atoms with van der Waals surface area (Å²) in [6.45, 7) is 1.29. The minimum Gasteiger partial charge on any atom is -0.479 e. The Morgan fingerprint density at radius 3 is 2.39 bits per heavy atom. The molecule has 33 heavy (non-hydrogen) atoms. The van der Waals surface area contributed by atoms with Crippen LogP contribution in [0.25, 0.3) is 11.1 Å². The first-order valence-corrected chi connectivity index (χ1v) is 11.2. The molecule has 8 heteroatoms. The Hall–Kier alpha value is -3.39. The van der Waals surface area contributed by atoms with Crippen LogP contribution in [0.4, 0.5) is 4.79 Å². The Morgan fingerprint density at radius 2 is 1.73 bits per heavy atom. The molecule has 1 saturated heterocycles. The molecule has 0 aromatic heterocycles. The van der Waals surface area contributed by atoms with Gasteiger partial charge in [0.2, 0.25) is 5.91 Å². The monoisotopic (exact) mass is 450 g/mol. The Bertz CT molecular complexity index is 1040. The third-order valence-electron chi connectivity index (χ3n) is 6.75. The highest BCUT2D eigenvalue weighted by molar-refractivity contribution is 5.83. The van der Waals surface area contributed by atoms with Crippen LogP contribution in [-0.2, 0) is 19.1 Å². The number of aliphatic carboxylic acids is 1. The molecule has 3 aliphatic rings. The highest BCUT2D eigenvalue weighted by Crippen LogP contribution is 2.44. The van der Waals surface area contributed by atoms with Crippen LogP contribution in [0.3, 0.4) is 0 Å². The number of ether oxygens (including phenoxy) is 2. The summed E-state index contributed by atoms with van der Waals surface area (Å²) in [4.78, 5) is 37.7. The number of amides is 2. The summed E-state index contributed by atoms with van der Waals surface area (Å²) < 4.78 is 10.7. The van der Waals surface area contributed by atoms with E-state index in [-0.39, 0.29) is 43.4 Å². The van der Waals surface area contributed by atoms with Gasteiger partial charge in [0.05, 0.1) is 13.2 Å². The van der Waals surface area contributed by atoms with E-state index >= 15 is 0 Å². The van der Waals surface area contributed by atoms with Crippen LogP contribution in [0.5, 0.6) is 0 Å². The van der Waals surface area contributed by atoms with Crippen LogP contribution in [0, 0.1) is 11.8 Å². The molecule has 1 saturated carbocycles. The lowest BCUT2D eigenvalue weighted by molar-refractivity contribution is -0.159. The molecule has 0 spiro atoms. The van der Waals surface area contributed by atoms with E-state index in [2.05, 4.69) is 29.6 Å². The maximum absolute atomic E-state index is 12.7. The van der Waals surface area contributed by atoms with Crippen molar-refractivity contribution in [3.05, 3.63) is 59.7 Å². The molecule has 1 aliphatic heterocycles. The third kappa shape index (κ3) is 4.30. The van der Waals surface area contributed by atoms with Crippen molar-refractivity contribution in [2.75, 3.05) is 32.8 Å². The summed E-state index contributed by atoms with van der Waals surface area (Å²) in [6, 6.07) is 16.3. The maximum Gasteiger partial charge on any atom is 0.407 e. The smallest absolute Gasteiger partial charge is 0.407 e. The van der Waals surface area contributed by atoms with E-state index in [9.17, 15) is 14.4 Å². The number of carboxylic acid groups (broad SMARTS) is 1. The third-order valence-corrected chi connectivity index (χ3v) is 6.75. The number of carbonyl (C=O) groups excluding carboxylic acids is 2. The number of alkyl carbamates (subject to hydrolysis) is 1. The number of nitrogens with one attached hydrogen (secondary N) is 1. The lowest BCUT2D eigenvalue weighted by atomic mass is 9.98. The van der Waals surface area contributed by atoms with Crippen LogP contribution < -0.4 is 5.32 Å². The van der Waals surface area contributed by atoms with Crippen molar-refractivity contribution in [1.29, 1.82) is 0 Å². The second-order valence-corrected chi connectivity index (χ2v) is 8.79. The fourth-order valence-corrected chi connectivity index (χ4v) is 4.87. The average molecular weight is 450 g/mol. The van der Waals surface area contributed by atoms with Gasteiger partial charge >= 0.3 is 12.1 Å². The normalized spacial score (nSPS) is 23.4. The van der Waals surface area contributed by atoms with Gasteiger partial charge in [0.25, 0.3) is 0 Å². The SMILES string of the molecule is O=C(NCC1CC1C(=O)N1CCOC(C(=O)O)C1)OCC1c2ccccc2-c2ccccc21. The van der Waals surface area contributed by atoms with E-state index in [1.807, 2.05) is 24.3 Å². The van der Waals surface area contributed by atoms with Crippen molar-refractivity contribution in [2.24, 2.45) is 11.8 Å². The highest BCUT2D eigenvalue weighted by Gasteiger charge is 2.46. The number of fused-ring (bicyclic) bond motifs is 3. The zero-order chi connectivity index (χ0) is 22.9. The molecule has 1 heterocycles. The molecule has 172 valence electrons. The van der Waals surface area contributed by atoms with Crippen molar-refractivity contribution in [3.63, 3.8) is 0 Å². The van der Waals surface area contributed by atoms with Crippen molar-refractivity contribution in [3.8, 4) is 11.1 Å². The largest absolute Gasteiger partial charge is 0.479 e. The van der Waals surface area contributed by atoms with Gasteiger partial charge in [-0.2, -0.15) is 0 Å². The summed E-state index contributed by atoms with van der Waals surface area (Å²) >= 11 is 0. The first kappa shape index (κ1) is 21.5. The summed E-state index contributed by atoms with van der Waals surface area (Å²) in [5.41, 5.74) is 4.67. The summed E-state index contributed by atoms with van der Waals surface area (Å²) in [5.74, 6) is -1.27. The molecule has 0 bridgehead atoms. The van der Waals surface area contributed by atoms with Crippen LogP contribution >= 0.6 is 0 Å². The maximum atomic E-state index is 12.7.